The maximum Gasteiger partial charge on any atom is 0.226 e. The molecule has 3 heteroatoms. The second-order valence-electron chi connectivity index (χ2n) is 6.08. The Kier molecular flexibility index (Phi) is 3.17. The third-order valence-corrected chi connectivity index (χ3v) is 4.54. The molecule has 3 nitrogen and oxygen atoms in total. The van der Waals surface area contributed by atoms with Gasteiger partial charge in [-0.3, -0.25) is 4.79 Å². The third kappa shape index (κ3) is 4.70. The summed E-state index contributed by atoms with van der Waals surface area (Å²) < 4.78 is 79.0. The largest absolute Gasteiger partial charge is 0.309 e. The Balaban J connectivity index is 1.92. The van der Waals surface area contributed by atoms with Gasteiger partial charge in [-0.05, 0) is 36.9 Å². The molecule has 1 aliphatic heterocycles. The van der Waals surface area contributed by atoms with Gasteiger partial charge in [0.25, 0.3) is 0 Å². The van der Waals surface area contributed by atoms with Crippen LogP contribution in [0.25, 0.3) is 0 Å². The number of benzene rings is 2. The number of para-hydroxylation sites is 1. The van der Waals surface area contributed by atoms with Crippen molar-refractivity contribution < 1.29 is 18.5 Å². The molecule has 1 aliphatic rings. The molecule has 0 spiro atoms. The maximum atomic E-state index is 13.4. The predicted molar refractivity (Wildman–Crippen MR) is 104 cm³/mol. The summed E-state index contributed by atoms with van der Waals surface area (Å²) in [4.78, 5) is 16.3. The normalized spacial score (nSPS) is 22.7. The van der Waals surface area contributed by atoms with Crippen molar-refractivity contribution in [2.45, 2.75) is 38.5 Å². The first-order chi connectivity index (χ1) is 16.3. The minimum atomic E-state index is -3.31. The molecule has 0 atom stereocenters. The van der Waals surface area contributed by atoms with Crippen LogP contribution in [0.5, 0.6) is 0 Å². The van der Waals surface area contributed by atoms with E-state index in [0.29, 0.717) is 25.9 Å². The topological polar surface area (TPSA) is 23.6 Å². The van der Waals surface area contributed by atoms with Gasteiger partial charge in [-0.15, -0.1) is 0 Å². The molecule has 3 rings (SSSR count). The van der Waals surface area contributed by atoms with Gasteiger partial charge in [0, 0.05) is 44.6 Å². The van der Waals surface area contributed by atoms with Crippen molar-refractivity contribution in [2.75, 3.05) is 24.5 Å². The third-order valence-electron chi connectivity index (χ3n) is 4.54. The lowest BCUT2D eigenvalue weighted by molar-refractivity contribution is -0.119. The number of carbonyl (C=O) groups is 1. The number of carbonyl (C=O) groups excluding carboxylic acids is 1. The van der Waals surface area contributed by atoms with Gasteiger partial charge in [0.05, 0.1) is 6.85 Å². The molecule has 0 unspecified atom stereocenters. The smallest absolute Gasteiger partial charge is 0.226 e. The summed E-state index contributed by atoms with van der Waals surface area (Å²) >= 11 is 0. The highest BCUT2D eigenvalue weighted by atomic mass is 16.2. The average Bonchev–Trinajstić information content (AvgIpc) is 2.83. The summed E-state index contributed by atoms with van der Waals surface area (Å²) in [6.45, 7) is -1.49. The lowest BCUT2D eigenvalue weighted by Crippen LogP contribution is -2.47. The van der Waals surface area contributed by atoms with E-state index in [-0.39, 0.29) is 0 Å². The van der Waals surface area contributed by atoms with Gasteiger partial charge in [0.1, 0.15) is 0 Å². The van der Waals surface area contributed by atoms with Gasteiger partial charge in [0.2, 0.25) is 5.91 Å². The van der Waals surface area contributed by atoms with Crippen molar-refractivity contribution in [3.05, 3.63) is 66.1 Å². The van der Waals surface area contributed by atoms with Gasteiger partial charge in [-0.1, -0.05) is 55.3 Å². The van der Waals surface area contributed by atoms with E-state index in [9.17, 15) is 4.79 Å². The van der Waals surface area contributed by atoms with Crippen LogP contribution in [-0.2, 0) is 11.2 Å². The first-order valence-corrected chi connectivity index (χ1v) is 8.44. The lowest BCUT2D eigenvalue weighted by Gasteiger charge is -2.38. The molecular weight excluding hydrogens is 308 g/mol. The first-order valence-electron chi connectivity index (χ1n) is 13.4. The fourth-order valence-electron chi connectivity index (χ4n) is 3.21. The molecular formula is C22H28N2O. The Morgan fingerprint density at radius 3 is 2.64 bits per heavy atom. The van der Waals surface area contributed by atoms with Gasteiger partial charge in [-0.25, -0.2) is 0 Å². The number of amides is 1. The van der Waals surface area contributed by atoms with Gasteiger partial charge in [0.15, 0.2) is 0 Å². The molecule has 1 amide bonds. The van der Waals surface area contributed by atoms with Crippen LogP contribution in [-0.4, -0.2) is 36.5 Å². The fourth-order valence-corrected chi connectivity index (χ4v) is 3.21. The van der Waals surface area contributed by atoms with E-state index in [1.165, 1.54) is 5.56 Å². The van der Waals surface area contributed by atoms with E-state index in [0.717, 1.165) is 17.9 Å². The summed E-state index contributed by atoms with van der Waals surface area (Å²) in [6.07, 6.45) is -1.82. The summed E-state index contributed by atoms with van der Waals surface area (Å²) in [5.41, 5.74) is 0.688. The lowest BCUT2D eigenvalue weighted by atomic mass is 10.0. The Hall–Kier alpha value is -2.13. The SMILES string of the molecule is [2H]c1c([2H])c([2H])c(N(C(=O)C([2H])([2H])C([2H])([2H])[2H])C2CCN(CCc3ccccc3)CC2)c([2H])c1[2H]. The van der Waals surface area contributed by atoms with Crippen LogP contribution in [0.1, 0.15) is 45.3 Å². The zero-order valence-corrected chi connectivity index (χ0v) is 14.0. The number of anilines is 1. The van der Waals surface area contributed by atoms with E-state index in [1.54, 1.807) is 0 Å². The van der Waals surface area contributed by atoms with Crippen LogP contribution in [0.3, 0.4) is 0 Å². The van der Waals surface area contributed by atoms with Crippen LogP contribution in [0.2, 0.25) is 0 Å². The molecule has 1 heterocycles. The van der Waals surface area contributed by atoms with Gasteiger partial charge >= 0.3 is 0 Å². The quantitative estimate of drug-likeness (QED) is 0.785. The van der Waals surface area contributed by atoms with Crippen LogP contribution in [0, 0.1) is 0 Å². The minimum absolute atomic E-state index is 0.333. The van der Waals surface area contributed by atoms with Crippen molar-refractivity contribution in [1.29, 1.82) is 0 Å². The number of hydrogen-bond donors (Lipinski definition) is 0. The standard InChI is InChI=1S/C22H28N2O/c1-2-22(25)24(20-11-7-4-8-12-20)21-14-17-23(18-15-21)16-13-19-9-5-3-6-10-19/h3-12,21H,2,13-18H2,1H3/i1D3,2D2,4D,7D,8D,11D,12D. The molecule has 1 saturated heterocycles. The Labute approximate surface area is 165 Å². The molecule has 2 aromatic carbocycles. The molecule has 0 N–H and O–H groups in total. The molecule has 1 fully saturated rings. The molecule has 0 bridgehead atoms. The van der Waals surface area contributed by atoms with Crippen molar-refractivity contribution in [3.63, 3.8) is 0 Å². The highest BCUT2D eigenvalue weighted by Crippen LogP contribution is 2.24. The number of hydrogen-bond acceptors (Lipinski definition) is 2. The van der Waals surface area contributed by atoms with Crippen LogP contribution >= 0.6 is 0 Å². The second-order valence-corrected chi connectivity index (χ2v) is 6.08. The second kappa shape index (κ2) is 8.82. The average molecular weight is 347 g/mol. The van der Waals surface area contributed by atoms with E-state index >= 15 is 0 Å². The van der Waals surface area contributed by atoms with Crippen molar-refractivity contribution in [2.24, 2.45) is 0 Å². The number of nitrogens with zero attached hydrogens (tertiary/aromatic N) is 2. The summed E-state index contributed by atoms with van der Waals surface area (Å²) in [7, 11) is 0. The monoisotopic (exact) mass is 346 g/mol. The summed E-state index contributed by atoms with van der Waals surface area (Å²) in [5.74, 6) is -1.43. The number of rotatable bonds is 6. The molecule has 132 valence electrons. The Morgan fingerprint density at radius 2 is 1.96 bits per heavy atom. The van der Waals surface area contributed by atoms with Crippen LogP contribution < -0.4 is 4.90 Å². The van der Waals surface area contributed by atoms with Crippen molar-refractivity contribution >= 4 is 11.6 Å². The Morgan fingerprint density at radius 1 is 1.24 bits per heavy atom. The summed E-state index contributed by atoms with van der Waals surface area (Å²) in [5, 5.41) is 0. The Bertz CT molecular complexity index is 1040. The predicted octanol–water partition coefficient (Wildman–Crippen LogP) is 4.14. The highest BCUT2D eigenvalue weighted by Gasteiger charge is 2.28. The molecule has 0 aromatic heterocycles. The van der Waals surface area contributed by atoms with Gasteiger partial charge in [-0.2, -0.15) is 0 Å². The number of likely N-dealkylation sites (tertiary alicyclic amines) is 1. The molecule has 2 aromatic rings. The van der Waals surface area contributed by atoms with Crippen LogP contribution in [0.15, 0.2) is 60.5 Å². The highest BCUT2D eigenvalue weighted by molar-refractivity contribution is 5.93. The van der Waals surface area contributed by atoms with Crippen molar-refractivity contribution in [3.8, 4) is 0 Å². The zero-order chi connectivity index (χ0) is 26.1. The van der Waals surface area contributed by atoms with Gasteiger partial charge < -0.3 is 9.80 Å². The zero-order valence-electron chi connectivity index (χ0n) is 24.0. The van der Waals surface area contributed by atoms with E-state index in [4.69, 9.17) is 13.7 Å². The molecule has 25 heavy (non-hydrogen) atoms. The fraction of sp³-hybridized carbons (Fsp3) is 0.409. The van der Waals surface area contributed by atoms with Crippen LogP contribution in [0.4, 0.5) is 5.69 Å². The summed E-state index contributed by atoms with van der Waals surface area (Å²) in [6, 6.07) is 5.87. The maximum absolute atomic E-state index is 13.4. The van der Waals surface area contributed by atoms with E-state index in [2.05, 4.69) is 4.90 Å². The first kappa shape index (κ1) is 9.00. The van der Waals surface area contributed by atoms with Crippen molar-refractivity contribution in [1.82, 2.24) is 4.90 Å². The molecule has 0 radical (unpaired) electrons. The minimum Gasteiger partial charge on any atom is -0.309 e. The molecule has 0 aliphatic carbocycles. The van der Waals surface area contributed by atoms with E-state index in [1.807, 2.05) is 30.3 Å². The van der Waals surface area contributed by atoms with E-state index < -0.39 is 61.1 Å². The molecule has 0 saturated carbocycles. The number of piperidine rings is 1.